The van der Waals surface area contributed by atoms with Crippen LogP contribution < -0.4 is 0 Å². The molecular formula is C7H2BrClFN3. The van der Waals surface area contributed by atoms with Gasteiger partial charge in [0.05, 0.1) is 9.99 Å². The molecule has 66 valence electrons. The predicted molar refractivity (Wildman–Crippen MR) is 50.0 cm³/mol. The van der Waals surface area contributed by atoms with Gasteiger partial charge in [-0.15, -0.1) is 0 Å². The van der Waals surface area contributed by atoms with Crippen LogP contribution in [0.25, 0.3) is 11.0 Å². The van der Waals surface area contributed by atoms with E-state index in [1.54, 1.807) is 0 Å². The molecule has 0 spiro atoms. The first-order valence-corrected chi connectivity index (χ1v) is 4.48. The van der Waals surface area contributed by atoms with Gasteiger partial charge in [0.15, 0.2) is 5.15 Å². The Balaban J connectivity index is 2.89. The molecule has 6 heteroatoms. The summed E-state index contributed by atoms with van der Waals surface area (Å²) in [7, 11) is 0. The Bertz CT molecular complexity index is 476. The second-order valence-corrected chi connectivity index (χ2v) is 3.51. The summed E-state index contributed by atoms with van der Waals surface area (Å²) in [5.74, 6) is -0.621. The highest BCUT2D eigenvalue weighted by Gasteiger charge is 2.07. The van der Waals surface area contributed by atoms with Crippen LogP contribution in [0.5, 0.6) is 0 Å². The third kappa shape index (κ3) is 1.49. The fourth-order valence-electron chi connectivity index (χ4n) is 0.910. The van der Waals surface area contributed by atoms with E-state index in [0.29, 0.717) is 5.52 Å². The molecule has 0 saturated heterocycles. The minimum atomic E-state index is -0.621. The van der Waals surface area contributed by atoms with Gasteiger partial charge in [-0.1, -0.05) is 11.6 Å². The van der Waals surface area contributed by atoms with Crippen LogP contribution in [0.15, 0.2) is 16.9 Å². The molecule has 0 N–H and O–H groups in total. The SMILES string of the molecule is Fc1nc2c(Cl)ncnc2cc1Br. The van der Waals surface area contributed by atoms with Crippen molar-refractivity contribution in [3.05, 3.63) is 28.0 Å². The van der Waals surface area contributed by atoms with Crippen molar-refractivity contribution in [2.24, 2.45) is 0 Å². The zero-order valence-electron chi connectivity index (χ0n) is 6.13. The van der Waals surface area contributed by atoms with Crippen molar-refractivity contribution in [2.75, 3.05) is 0 Å². The average molecular weight is 262 g/mol. The quantitative estimate of drug-likeness (QED) is 0.541. The summed E-state index contributed by atoms with van der Waals surface area (Å²) in [6.45, 7) is 0. The van der Waals surface area contributed by atoms with Crippen LogP contribution in [-0.4, -0.2) is 15.0 Å². The summed E-state index contributed by atoms with van der Waals surface area (Å²) < 4.78 is 13.2. The second kappa shape index (κ2) is 3.16. The van der Waals surface area contributed by atoms with Gasteiger partial charge >= 0.3 is 0 Å². The van der Waals surface area contributed by atoms with Crippen LogP contribution >= 0.6 is 27.5 Å². The number of hydrogen-bond donors (Lipinski definition) is 0. The molecule has 0 aliphatic rings. The molecule has 2 rings (SSSR count). The van der Waals surface area contributed by atoms with E-state index in [-0.39, 0.29) is 15.1 Å². The van der Waals surface area contributed by atoms with E-state index in [2.05, 4.69) is 30.9 Å². The summed E-state index contributed by atoms with van der Waals surface area (Å²) in [4.78, 5) is 11.2. The Hall–Kier alpha value is -0.810. The Labute approximate surface area is 86.1 Å². The number of hydrogen-bond acceptors (Lipinski definition) is 3. The lowest BCUT2D eigenvalue weighted by Crippen LogP contribution is -1.91. The molecule has 0 aliphatic carbocycles. The third-order valence-corrected chi connectivity index (χ3v) is 2.31. The third-order valence-electron chi connectivity index (χ3n) is 1.48. The van der Waals surface area contributed by atoms with Crippen LogP contribution in [-0.2, 0) is 0 Å². The highest BCUT2D eigenvalue weighted by molar-refractivity contribution is 9.10. The fraction of sp³-hybridized carbons (Fsp3) is 0. The van der Waals surface area contributed by atoms with Crippen molar-refractivity contribution in [3.63, 3.8) is 0 Å². The molecule has 0 atom stereocenters. The van der Waals surface area contributed by atoms with Crippen LogP contribution in [0, 0.1) is 5.95 Å². The topological polar surface area (TPSA) is 38.7 Å². The molecule has 0 saturated carbocycles. The van der Waals surface area contributed by atoms with Crippen LogP contribution in [0.1, 0.15) is 0 Å². The lowest BCUT2D eigenvalue weighted by atomic mass is 10.4. The first-order chi connectivity index (χ1) is 6.18. The van der Waals surface area contributed by atoms with E-state index in [1.165, 1.54) is 12.4 Å². The Morgan fingerprint density at radius 3 is 2.92 bits per heavy atom. The number of aromatic nitrogens is 3. The number of halogens is 3. The largest absolute Gasteiger partial charge is 0.235 e. The minimum Gasteiger partial charge on any atom is -0.235 e. The molecule has 0 amide bonds. The van der Waals surface area contributed by atoms with E-state index in [9.17, 15) is 4.39 Å². The monoisotopic (exact) mass is 261 g/mol. The molecule has 0 unspecified atom stereocenters. The molecule has 0 aliphatic heterocycles. The van der Waals surface area contributed by atoms with Gasteiger partial charge in [0.1, 0.15) is 11.8 Å². The fourth-order valence-corrected chi connectivity index (χ4v) is 1.40. The molecule has 0 radical (unpaired) electrons. The zero-order valence-corrected chi connectivity index (χ0v) is 8.47. The normalized spacial score (nSPS) is 10.7. The van der Waals surface area contributed by atoms with Crippen molar-refractivity contribution in [2.45, 2.75) is 0 Å². The van der Waals surface area contributed by atoms with Gasteiger partial charge in [-0.2, -0.15) is 4.39 Å². The molecule has 2 aromatic heterocycles. The molecule has 13 heavy (non-hydrogen) atoms. The van der Waals surface area contributed by atoms with Crippen LogP contribution in [0.4, 0.5) is 4.39 Å². The van der Waals surface area contributed by atoms with Crippen LogP contribution in [0.2, 0.25) is 5.15 Å². The van der Waals surface area contributed by atoms with Crippen molar-refractivity contribution < 1.29 is 4.39 Å². The van der Waals surface area contributed by atoms with E-state index in [4.69, 9.17) is 11.6 Å². The molecule has 2 heterocycles. The Morgan fingerprint density at radius 2 is 2.15 bits per heavy atom. The zero-order chi connectivity index (χ0) is 9.42. The van der Waals surface area contributed by atoms with Gasteiger partial charge in [-0.3, -0.25) is 0 Å². The van der Waals surface area contributed by atoms with Gasteiger partial charge in [0, 0.05) is 0 Å². The molecule has 0 aromatic carbocycles. The molecule has 0 fully saturated rings. The number of rotatable bonds is 0. The van der Waals surface area contributed by atoms with E-state index < -0.39 is 5.95 Å². The van der Waals surface area contributed by atoms with Gasteiger partial charge in [0.25, 0.3) is 0 Å². The number of pyridine rings is 1. The molecule has 2 aromatic rings. The van der Waals surface area contributed by atoms with Crippen molar-refractivity contribution in [1.29, 1.82) is 0 Å². The Kier molecular flexibility index (Phi) is 2.13. The first kappa shape index (κ1) is 8.77. The lowest BCUT2D eigenvalue weighted by molar-refractivity contribution is 0.582. The predicted octanol–water partition coefficient (Wildman–Crippen LogP) is 2.58. The van der Waals surface area contributed by atoms with E-state index >= 15 is 0 Å². The molecular weight excluding hydrogens is 260 g/mol. The smallest absolute Gasteiger partial charge is 0.227 e. The maximum atomic E-state index is 13.0. The van der Waals surface area contributed by atoms with Gasteiger partial charge in [-0.05, 0) is 22.0 Å². The van der Waals surface area contributed by atoms with E-state index in [1.807, 2.05) is 0 Å². The van der Waals surface area contributed by atoms with Gasteiger partial charge in [-0.25, -0.2) is 15.0 Å². The highest BCUT2D eigenvalue weighted by Crippen LogP contribution is 2.22. The molecule has 3 nitrogen and oxygen atoms in total. The maximum absolute atomic E-state index is 13.0. The minimum absolute atomic E-state index is 0.149. The first-order valence-electron chi connectivity index (χ1n) is 3.31. The average Bonchev–Trinajstić information content (AvgIpc) is 2.09. The van der Waals surface area contributed by atoms with E-state index in [0.717, 1.165) is 0 Å². The molecule has 0 bridgehead atoms. The lowest BCUT2D eigenvalue weighted by Gasteiger charge is -1.98. The standard InChI is InChI=1S/C7H2BrClFN3/c8-3-1-4-5(13-7(3)10)6(9)12-2-11-4/h1-2H. The highest BCUT2D eigenvalue weighted by atomic mass is 79.9. The van der Waals surface area contributed by atoms with Crippen molar-refractivity contribution >= 4 is 38.6 Å². The van der Waals surface area contributed by atoms with Crippen molar-refractivity contribution in [3.8, 4) is 0 Å². The summed E-state index contributed by atoms with van der Waals surface area (Å²) in [5, 5.41) is 0.149. The van der Waals surface area contributed by atoms with Gasteiger partial charge < -0.3 is 0 Å². The summed E-state index contributed by atoms with van der Waals surface area (Å²) >= 11 is 8.69. The van der Waals surface area contributed by atoms with Crippen LogP contribution in [0.3, 0.4) is 0 Å². The maximum Gasteiger partial charge on any atom is 0.227 e. The summed E-state index contributed by atoms with van der Waals surface area (Å²) in [5.41, 5.74) is 0.776. The van der Waals surface area contributed by atoms with Gasteiger partial charge in [0.2, 0.25) is 5.95 Å². The number of nitrogens with zero attached hydrogens (tertiary/aromatic N) is 3. The number of fused-ring (bicyclic) bond motifs is 1. The Morgan fingerprint density at radius 1 is 1.38 bits per heavy atom. The summed E-state index contributed by atoms with van der Waals surface area (Å²) in [6, 6.07) is 1.51. The second-order valence-electron chi connectivity index (χ2n) is 2.29. The van der Waals surface area contributed by atoms with Crippen molar-refractivity contribution in [1.82, 2.24) is 15.0 Å². The summed E-state index contributed by atoms with van der Waals surface area (Å²) in [6.07, 6.45) is 1.30.